The molecule has 0 atom stereocenters. The van der Waals surface area contributed by atoms with Gasteiger partial charge in [0, 0.05) is 12.6 Å². The first-order valence-corrected chi connectivity index (χ1v) is 7.56. The van der Waals surface area contributed by atoms with Crippen LogP contribution in [0.2, 0.25) is 0 Å². The van der Waals surface area contributed by atoms with Gasteiger partial charge in [-0.25, -0.2) is 0 Å². The van der Waals surface area contributed by atoms with E-state index in [-0.39, 0.29) is 17.4 Å². The van der Waals surface area contributed by atoms with E-state index in [0.29, 0.717) is 29.5 Å². The molecular formula is C19H17NO4. The molecule has 24 heavy (non-hydrogen) atoms. The van der Waals surface area contributed by atoms with Crippen LogP contribution in [0.3, 0.4) is 0 Å². The standard InChI is InChI=1S/C19H17NO4/c21-15-4-1-13(2-5-15)7-9-20-19(23)6-3-14-11-17(22)16-8-10-24-18(16)12-14/h1-6,8,10-12,21-22H,7,9H2,(H,20,23)/b6-3+. The van der Waals surface area contributed by atoms with Crippen LogP contribution in [0.15, 0.2) is 59.2 Å². The summed E-state index contributed by atoms with van der Waals surface area (Å²) in [6.07, 6.45) is 5.23. The van der Waals surface area contributed by atoms with Crippen molar-refractivity contribution in [2.75, 3.05) is 6.54 Å². The Morgan fingerprint density at radius 3 is 2.71 bits per heavy atom. The van der Waals surface area contributed by atoms with Gasteiger partial charge in [0.15, 0.2) is 0 Å². The molecule has 5 nitrogen and oxygen atoms in total. The fourth-order valence-electron chi connectivity index (χ4n) is 2.39. The summed E-state index contributed by atoms with van der Waals surface area (Å²) in [4.78, 5) is 11.8. The van der Waals surface area contributed by atoms with E-state index in [0.717, 1.165) is 5.56 Å². The van der Waals surface area contributed by atoms with Crippen molar-refractivity contribution in [3.05, 3.63) is 65.9 Å². The molecular weight excluding hydrogens is 306 g/mol. The maximum Gasteiger partial charge on any atom is 0.244 e. The Hall–Kier alpha value is -3.21. The number of carbonyl (C=O) groups is 1. The molecule has 1 heterocycles. The molecule has 0 aliphatic rings. The molecule has 0 saturated heterocycles. The lowest BCUT2D eigenvalue weighted by Crippen LogP contribution is -2.23. The fraction of sp³-hybridized carbons (Fsp3) is 0.105. The molecule has 0 saturated carbocycles. The number of hydrogen-bond donors (Lipinski definition) is 3. The summed E-state index contributed by atoms with van der Waals surface area (Å²) in [6.45, 7) is 0.496. The van der Waals surface area contributed by atoms with E-state index in [1.807, 2.05) is 12.1 Å². The Balaban J connectivity index is 1.55. The van der Waals surface area contributed by atoms with Gasteiger partial charge in [-0.1, -0.05) is 12.1 Å². The second-order valence-electron chi connectivity index (χ2n) is 5.41. The normalized spacial score (nSPS) is 11.2. The van der Waals surface area contributed by atoms with E-state index in [4.69, 9.17) is 4.42 Å². The van der Waals surface area contributed by atoms with Gasteiger partial charge in [-0.15, -0.1) is 0 Å². The van der Waals surface area contributed by atoms with Gasteiger partial charge < -0.3 is 19.9 Å². The van der Waals surface area contributed by atoms with Crippen LogP contribution in [-0.2, 0) is 11.2 Å². The quantitative estimate of drug-likeness (QED) is 0.630. The van der Waals surface area contributed by atoms with Gasteiger partial charge in [-0.05, 0) is 54.0 Å². The van der Waals surface area contributed by atoms with Crippen LogP contribution >= 0.6 is 0 Å². The summed E-state index contributed by atoms with van der Waals surface area (Å²) in [6, 6.07) is 11.9. The van der Waals surface area contributed by atoms with Gasteiger partial charge in [0.2, 0.25) is 5.91 Å². The van der Waals surface area contributed by atoms with Crippen molar-refractivity contribution in [1.82, 2.24) is 5.32 Å². The lowest BCUT2D eigenvalue weighted by Gasteiger charge is -2.03. The summed E-state index contributed by atoms with van der Waals surface area (Å²) >= 11 is 0. The maximum atomic E-state index is 11.8. The van der Waals surface area contributed by atoms with Crippen molar-refractivity contribution in [2.45, 2.75) is 6.42 Å². The minimum Gasteiger partial charge on any atom is -0.508 e. The molecule has 5 heteroatoms. The van der Waals surface area contributed by atoms with Gasteiger partial charge in [0.05, 0.1) is 11.6 Å². The van der Waals surface area contributed by atoms with Crippen molar-refractivity contribution in [2.24, 2.45) is 0 Å². The Labute approximate surface area is 138 Å². The van der Waals surface area contributed by atoms with E-state index < -0.39 is 0 Å². The van der Waals surface area contributed by atoms with Crippen molar-refractivity contribution in [3.8, 4) is 11.5 Å². The topological polar surface area (TPSA) is 82.7 Å². The number of carbonyl (C=O) groups excluding carboxylic acids is 1. The van der Waals surface area contributed by atoms with Gasteiger partial charge >= 0.3 is 0 Å². The number of phenolic OH excluding ortho intramolecular Hbond substituents is 2. The van der Waals surface area contributed by atoms with Gasteiger partial charge in [0.25, 0.3) is 0 Å². The predicted octanol–water partition coefficient (Wildman–Crippen LogP) is 3.22. The van der Waals surface area contributed by atoms with Crippen LogP contribution in [0.25, 0.3) is 17.0 Å². The van der Waals surface area contributed by atoms with E-state index in [2.05, 4.69) is 5.32 Å². The van der Waals surface area contributed by atoms with Gasteiger partial charge in [0.1, 0.15) is 17.1 Å². The second kappa shape index (κ2) is 6.91. The molecule has 0 radical (unpaired) electrons. The molecule has 3 N–H and O–H groups in total. The SMILES string of the molecule is O=C(/C=C/c1cc(O)c2ccoc2c1)NCCc1ccc(O)cc1. The van der Waals surface area contributed by atoms with Crippen LogP contribution in [0, 0.1) is 0 Å². The van der Waals surface area contributed by atoms with Crippen molar-refractivity contribution in [1.29, 1.82) is 0 Å². The molecule has 0 spiro atoms. The molecule has 0 fully saturated rings. The van der Waals surface area contributed by atoms with Crippen LogP contribution in [-0.4, -0.2) is 22.7 Å². The zero-order valence-corrected chi connectivity index (χ0v) is 12.9. The van der Waals surface area contributed by atoms with Crippen molar-refractivity contribution < 1.29 is 19.4 Å². The van der Waals surface area contributed by atoms with Gasteiger partial charge in [-0.3, -0.25) is 4.79 Å². The molecule has 3 rings (SSSR count). The average molecular weight is 323 g/mol. The van der Waals surface area contributed by atoms with E-state index in [1.54, 1.807) is 36.4 Å². The van der Waals surface area contributed by atoms with Crippen LogP contribution in [0.5, 0.6) is 11.5 Å². The van der Waals surface area contributed by atoms with Crippen LogP contribution < -0.4 is 5.32 Å². The molecule has 0 aliphatic carbocycles. The van der Waals surface area contributed by atoms with Crippen molar-refractivity contribution in [3.63, 3.8) is 0 Å². The zero-order chi connectivity index (χ0) is 16.9. The molecule has 2 aromatic carbocycles. The number of furan rings is 1. The minimum atomic E-state index is -0.215. The molecule has 3 aromatic rings. The molecule has 1 amide bonds. The van der Waals surface area contributed by atoms with E-state index >= 15 is 0 Å². The Morgan fingerprint density at radius 2 is 1.92 bits per heavy atom. The highest BCUT2D eigenvalue weighted by molar-refractivity contribution is 5.93. The van der Waals surface area contributed by atoms with E-state index in [9.17, 15) is 15.0 Å². The number of phenols is 2. The lowest BCUT2D eigenvalue weighted by molar-refractivity contribution is -0.116. The molecule has 0 bridgehead atoms. The largest absolute Gasteiger partial charge is 0.508 e. The summed E-state index contributed by atoms with van der Waals surface area (Å²) in [5.41, 5.74) is 2.29. The monoisotopic (exact) mass is 323 g/mol. The molecule has 0 unspecified atom stereocenters. The van der Waals surface area contributed by atoms with Crippen LogP contribution in [0.1, 0.15) is 11.1 Å². The fourth-order valence-corrected chi connectivity index (χ4v) is 2.39. The van der Waals surface area contributed by atoms with Crippen LogP contribution in [0.4, 0.5) is 0 Å². The summed E-state index contributed by atoms with van der Waals surface area (Å²) in [5.74, 6) is 0.129. The first kappa shape index (κ1) is 15.7. The molecule has 0 aliphatic heterocycles. The summed E-state index contributed by atoms with van der Waals surface area (Å²) < 4.78 is 5.26. The molecule has 122 valence electrons. The summed E-state index contributed by atoms with van der Waals surface area (Å²) in [7, 11) is 0. The highest BCUT2D eigenvalue weighted by atomic mass is 16.3. The predicted molar refractivity (Wildman–Crippen MR) is 91.7 cm³/mol. The average Bonchev–Trinajstić information content (AvgIpc) is 3.04. The number of rotatable bonds is 5. The zero-order valence-electron chi connectivity index (χ0n) is 12.9. The summed E-state index contributed by atoms with van der Waals surface area (Å²) in [5, 5.41) is 22.5. The smallest absolute Gasteiger partial charge is 0.244 e. The third kappa shape index (κ3) is 3.76. The van der Waals surface area contributed by atoms with E-state index in [1.165, 1.54) is 12.3 Å². The van der Waals surface area contributed by atoms with Crippen molar-refractivity contribution >= 4 is 23.0 Å². The Morgan fingerprint density at radius 1 is 1.12 bits per heavy atom. The highest BCUT2D eigenvalue weighted by Crippen LogP contribution is 2.27. The number of amides is 1. The third-order valence-electron chi connectivity index (χ3n) is 3.65. The number of nitrogens with one attached hydrogen (secondary N) is 1. The number of aromatic hydroxyl groups is 2. The highest BCUT2D eigenvalue weighted by Gasteiger charge is 2.04. The Kier molecular flexibility index (Phi) is 4.52. The van der Waals surface area contributed by atoms with Gasteiger partial charge in [-0.2, -0.15) is 0 Å². The minimum absolute atomic E-state index is 0.119. The third-order valence-corrected chi connectivity index (χ3v) is 3.65. The second-order valence-corrected chi connectivity index (χ2v) is 5.41. The number of benzene rings is 2. The number of hydrogen-bond acceptors (Lipinski definition) is 4. The Bertz CT molecular complexity index is 878. The lowest BCUT2D eigenvalue weighted by atomic mass is 10.1. The first-order valence-electron chi connectivity index (χ1n) is 7.56. The maximum absolute atomic E-state index is 11.8. The first-order chi connectivity index (χ1) is 11.6. The molecule has 1 aromatic heterocycles. The number of fused-ring (bicyclic) bond motifs is 1.